The van der Waals surface area contributed by atoms with Crippen LogP contribution in [0.1, 0.15) is 45.1 Å². The summed E-state index contributed by atoms with van der Waals surface area (Å²) >= 11 is 0. The molecule has 1 aromatic heterocycles. The van der Waals surface area contributed by atoms with E-state index in [2.05, 4.69) is 47.3 Å². The molecule has 2 saturated carbocycles. The molecule has 3 aliphatic rings. The molecule has 6 nitrogen and oxygen atoms in total. The lowest BCUT2D eigenvalue weighted by molar-refractivity contribution is -0.121. The van der Waals surface area contributed by atoms with E-state index in [0.29, 0.717) is 24.9 Å². The van der Waals surface area contributed by atoms with Crippen molar-refractivity contribution in [3.63, 3.8) is 0 Å². The maximum absolute atomic E-state index is 12.6. The SMILES string of the molecule is CC(C)N1CCOC(CC(=O)Nc2cc3cc(C4(C#N)CC45CC5)ccc3cn2)C1. The van der Waals surface area contributed by atoms with Crippen LogP contribution in [0.2, 0.25) is 0 Å². The number of morpholine rings is 1. The standard InChI is InChI=1S/C24H28N4O2/c1-16(2)28-7-8-30-20(13-28)11-22(29)27-21-10-18-9-19(4-3-17(18)12-26-21)24(15-25)14-23(24)5-6-23/h3-4,9-10,12,16,20H,5-8,11,13-14H2,1-2H3,(H,26,27,29). The number of anilines is 1. The minimum Gasteiger partial charge on any atom is -0.375 e. The van der Waals surface area contributed by atoms with Crippen LogP contribution in [-0.4, -0.2) is 47.6 Å². The molecule has 3 fully saturated rings. The molecular weight excluding hydrogens is 376 g/mol. The number of nitrogens with zero attached hydrogens (tertiary/aromatic N) is 3. The van der Waals surface area contributed by atoms with E-state index in [1.54, 1.807) is 6.20 Å². The van der Waals surface area contributed by atoms with E-state index in [-0.39, 0.29) is 22.8 Å². The zero-order valence-electron chi connectivity index (χ0n) is 17.6. The van der Waals surface area contributed by atoms with Crippen molar-refractivity contribution in [1.82, 2.24) is 9.88 Å². The largest absolute Gasteiger partial charge is 0.375 e. The number of rotatable bonds is 5. The Bertz CT molecular complexity index is 1040. The third-order valence-corrected chi connectivity index (χ3v) is 7.22. The van der Waals surface area contributed by atoms with Crippen molar-refractivity contribution in [1.29, 1.82) is 5.26 Å². The van der Waals surface area contributed by atoms with Crippen LogP contribution >= 0.6 is 0 Å². The van der Waals surface area contributed by atoms with Crippen LogP contribution in [0.25, 0.3) is 10.8 Å². The molecule has 1 N–H and O–H groups in total. The number of aromatic nitrogens is 1. The summed E-state index contributed by atoms with van der Waals surface area (Å²) in [5.74, 6) is 0.463. The topological polar surface area (TPSA) is 78.2 Å². The van der Waals surface area contributed by atoms with Crippen molar-refractivity contribution in [2.75, 3.05) is 25.0 Å². The first-order valence-electron chi connectivity index (χ1n) is 10.9. The van der Waals surface area contributed by atoms with Gasteiger partial charge in [0.1, 0.15) is 5.82 Å². The molecule has 2 atom stereocenters. The van der Waals surface area contributed by atoms with Crippen LogP contribution < -0.4 is 5.32 Å². The minimum absolute atomic E-state index is 0.0822. The number of carbonyl (C=O) groups excluding carboxylic acids is 1. The molecule has 0 radical (unpaired) electrons. The van der Waals surface area contributed by atoms with Crippen LogP contribution in [-0.2, 0) is 14.9 Å². The molecule has 2 aliphatic carbocycles. The van der Waals surface area contributed by atoms with Gasteiger partial charge in [0, 0.05) is 30.7 Å². The van der Waals surface area contributed by atoms with Crippen LogP contribution in [0.15, 0.2) is 30.5 Å². The van der Waals surface area contributed by atoms with Crippen molar-refractivity contribution in [3.8, 4) is 6.07 Å². The zero-order chi connectivity index (χ0) is 20.9. The summed E-state index contributed by atoms with van der Waals surface area (Å²) in [5, 5.41) is 14.8. The maximum Gasteiger partial charge on any atom is 0.228 e. The fourth-order valence-electron chi connectivity index (χ4n) is 5.06. The minimum atomic E-state index is -0.311. The second-order valence-corrected chi connectivity index (χ2v) is 9.44. The highest BCUT2D eigenvalue weighted by Gasteiger charge is 2.75. The Morgan fingerprint density at radius 2 is 2.20 bits per heavy atom. The summed E-state index contributed by atoms with van der Waals surface area (Å²) < 4.78 is 5.78. The highest BCUT2D eigenvalue weighted by Crippen LogP contribution is 2.78. The average molecular weight is 405 g/mol. The second-order valence-electron chi connectivity index (χ2n) is 9.44. The number of nitrogens with one attached hydrogen (secondary N) is 1. The van der Waals surface area contributed by atoms with E-state index in [9.17, 15) is 10.1 Å². The van der Waals surface area contributed by atoms with Crippen molar-refractivity contribution >= 4 is 22.5 Å². The van der Waals surface area contributed by atoms with E-state index in [1.807, 2.05) is 12.1 Å². The molecule has 1 aliphatic heterocycles. The number of ether oxygens (including phenoxy) is 1. The molecule has 1 amide bonds. The predicted octanol–water partition coefficient (Wildman–Crippen LogP) is 3.62. The quantitative estimate of drug-likeness (QED) is 0.824. The summed E-state index contributed by atoms with van der Waals surface area (Å²) in [5.41, 5.74) is 1.03. The second kappa shape index (κ2) is 7.04. The van der Waals surface area contributed by atoms with Crippen LogP contribution in [0.4, 0.5) is 5.82 Å². The first-order valence-corrected chi connectivity index (χ1v) is 10.9. The van der Waals surface area contributed by atoms with Gasteiger partial charge in [-0.1, -0.05) is 12.1 Å². The highest BCUT2D eigenvalue weighted by atomic mass is 16.5. The van der Waals surface area contributed by atoms with Crippen LogP contribution in [0.5, 0.6) is 0 Å². The van der Waals surface area contributed by atoms with E-state index in [1.165, 1.54) is 0 Å². The number of fused-ring (bicyclic) bond motifs is 1. The average Bonchev–Trinajstić information content (AvgIpc) is 3.65. The van der Waals surface area contributed by atoms with Crippen molar-refractivity contribution < 1.29 is 9.53 Å². The summed E-state index contributed by atoms with van der Waals surface area (Å²) in [4.78, 5) is 19.3. The smallest absolute Gasteiger partial charge is 0.228 e. The lowest BCUT2D eigenvalue weighted by Crippen LogP contribution is -2.46. The van der Waals surface area contributed by atoms with Gasteiger partial charge in [-0.05, 0) is 61.6 Å². The number of hydrogen-bond donors (Lipinski definition) is 1. The van der Waals surface area contributed by atoms with Crippen LogP contribution in [0, 0.1) is 16.7 Å². The number of amides is 1. The predicted molar refractivity (Wildman–Crippen MR) is 115 cm³/mol. The van der Waals surface area contributed by atoms with E-state index < -0.39 is 0 Å². The van der Waals surface area contributed by atoms with E-state index >= 15 is 0 Å². The molecule has 6 heteroatoms. The zero-order valence-corrected chi connectivity index (χ0v) is 17.6. The summed E-state index contributed by atoms with van der Waals surface area (Å²) in [6, 6.07) is 11.2. The molecule has 1 aromatic carbocycles. The van der Waals surface area contributed by atoms with Crippen molar-refractivity contribution in [2.24, 2.45) is 5.41 Å². The van der Waals surface area contributed by atoms with Crippen molar-refractivity contribution in [3.05, 3.63) is 36.0 Å². The molecule has 30 heavy (non-hydrogen) atoms. The summed E-state index contributed by atoms with van der Waals surface area (Å²) in [7, 11) is 0. The lowest BCUT2D eigenvalue weighted by atomic mass is 9.92. The molecule has 5 rings (SSSR count). The maximum atomic E-state index is 12.6. The third-order valence-electron chi connectivity index (χ3n) is 7.22. The first kappa shape index (κ1) is 19.5. The van der Waals surface area contributed by atoms with Gasteiger partial charge in [-0.3, -0.25) is 9.69 Å². The Labute approximate surface area is 177 Å². The van der Waals surface area contributed by atoms with Crippen LogP contribution in [0.3, 0.4) is 0 Å². The van der Waals surface area contributed by atoms with Gasteiger partial charge in [-0.2, -0.15) is 5.26 Å². The van der Waals surface area contributed by atoms with E-state index in [4.69, 9.17) is 4.74 Å². The number of hydrogen-bond acceptors (Lipinski definition) is 5. The van der Waals surface area contributed by atoms with Gasteiger partial charge in [-0.15, -0.1) is 0 Å². The molecule has 1 spiro atoms. The third kappa shape index (κ3) is 3.27. The molecule has 0 bridgehead atoms. The van der Waals surface area contributed by atoms with Gasteiger partial charge in [-0.25, -0.2) is 4.98 Å². The Balaban J connectivity index is 1.29. The van der Waals surface area contributed by atoms with Gasteiger partial charge >= 0.3 is 0 Å². The Kier molecular flexibility index (Phi) is 4.57. The van der Waals surface area contributed by atoms with E-state index in [0.717, 1.165) is 48.7 Å². The Morgan fingerprint density at radius 3 is 2.90 bits per heavy atom. The Morgan fingerprint density at radius 1 is 1.37 bits per heavy atom. The highest BCUT2D eigenvalue weighted by molar-refractivity contribution is 5.93. The Hall–Kier alpha value is -2.49. The normalized spacial score (nSPS) is 27.2. The molecule has 1 saturated heterocycles. The van der Waals surface area contributed by atoms with Crippen molar-refractivity contribution in [2.45, 2.75) is 57.1 Å². The molecule has 2 heterocycles. The number of nitriles is 1. The van der Waals surface area contributed by atoms with Gasteiger partial charge in [0.05, 0.1) is 30.6 Å². The molecule has 2 aromatic rings. The van der Waals surface area contributed by atoms with Gasteiger partial charge in [0.2, 0.25) is 5.91 Å². The first-order chi connectivity index (χ1) is 14.4. The summed E-state index contributed by atoms with van der Waals surface area (Å²) in [6.45, 7) is 6.68. The van der Waals surface area contributed by atoms with Gasteiger partial charge in [0.25, 0.3) is 0 Å². The van der Waals surface area contributed by atoms with Gasteiger partial charge in [0.15, 0.2) is 0 Å². The number of pyridine rings is 1. The fourth-order valence-corrected chi connectivity index (χ4v) is 5.06. The number of carbonyl (C=O) groups is 1. The molecular formula is C24H28N4O2. The monoisotopic (exact) mass is 404 g/mol. The number of benzene rings is 1. The fraction of sp³-hybridized carbons (Fsp3) is 0.542. The molecule has 156 valence electrons. The lowest BCUT2D eigenvalue weighted by Gasteiger charge is -2.35. The summed E-state index contributed by atoms with van der Waals surface area (Å²) in [6.07, 6.45) is 5.31. The molecule has 2 unspecified atom stereocenters. The van der Waals surface area contributed by atoms with Gasteiger partial charge < -0.3 is 10.1 Å².